The highest BCUT2D eigenvalue weighted by Crippen LogP contribution is 2.41. The van der Waals surface area contributed by atoms with E-state index in [4.69, 9.17) is 11.5 Å². The number of rotatable bonds is 4. The Bertz CT molecular complexity index is 1140. The minimum Gasteiger partial charge on any atom is -0.397 e. The molecule has 0 saturated heterocycles. The van der Waals surface area contributed by atoms with E-state index in [2.05, 4.69) is 11.1 Å². The van der Waals surface area contributed by atoms with E-state index in [1.807, 2.05) is 13.8 Å². The molecule has 0 aliphatic carbocycles. The van der Waals surface area contributed by atoms with Gasteiger partial charge in [-0.05, 0) is 11.5 Å². The number of non-ortho nitro benzene ring substituents is 1. The number of thiophene rings is 1. The molecule has 0 spiro atoms. The number of carbonyl (C=O) groups excluding carboxylic acids is 1. The van der Waals surface area contributed by atoms with E-state index in [0.717, 1.165) is 11.3 Å². The Morgan fingerprint density at radius 2 is 2.07 bits per heavy atom. The number of hydrogen-bond acceptors (Lipinski definition) is 8. The average Bonchev–Trinajstić information content (AvgIpc) is 2.95. The summed E-state index contributed by atoms with van der Waals surface area (Å²) in [5.74, 6) is -0.416. The molecule has 0 aliphatic heterocycles. The quantitative estimate of drug-likeness (QED) is 0.398. The highest BCUT2D eigenvalue weighted by molar-refractivity contribution is 7.21. The standard InChI is InChI=1S/C18H15N5O3S/c1-8(2)12-11(7-19)17(21)22-18-13(12)14(20)16(27-18)15(24)9-4-3-5-10(6-9)23(25)26/h3-6,8H,20H2,1-2H3,(H2,21,22). The number of pyridine rings is 1. The van der Waals surface area contributed by atoms with Crippen molar-refractivity contribution in [3.05, 3.63) is 55.9 Å². The summed E-state index contributed by atoms with van der Waals surface area (Å²) < 4.78 is 0. The van der Waals surface area contributed by atoms with Gasteiger partial charge in [-0.2, -0.15) is 5.26 Å². The van der Waals surface area contributed by atoms with Crippen LogP contribution in [0.3, 0.4) is 0 Å². The van der Waals surface area contributed by atoms with Gasteiger partial charge in [-0.1, -0.05) is 26.0 Å². The number of aromatic nitrogens is 1. The molecule has 0 saturated carbocycles. The molecule has 0 aliphatic rings. The number of nitrogens with zero attached hydrogens (tertiary/aromatic N) is 3. The number of nitro benzene ring substituents is 1. The van der Waals surface area contributed by atoms with Crippen molar-refractivity contribution in [2.24, 2.45) is 0 Å². The van der Waals surface area contributed by atoms with Crippen LogP contribution in [0.5, 0.6) is 0 Å². The van der Waals surface area contributed by atoms with Crippen LogP contribution in [0.15, 0.2) is 24.3 Å². The van der Waals surface area contributed by atoms with Crippen LogP contribution in [-0.4, -0.2) is 15.7 Å². The molecule has 0 radical (unpaired) electrons. The molecule has 1 aromatic carbocycles. The lowest BCUT2D eigenvalue weighted by Crippen LogP contribution is -2.05. The number of anilines is 2. The van der Waals surface area contributed by atoms with Crippen molar-refractivity contribution in [2.75, 3.05) is 11.5 Å². The van der Waals surface area contributed by atoms with Gasteiger partial charge >= 0.3 is 0 Å². The number of nitrogens with two attached hydrogens (primary N) is 2. The summed E-state index contributed by atoms with van der Waals surface area (Å²) in [6.45, 7) is 3.79. The highest BCUT2D eigenvalue weighted by atomic mass is 32.1. The number of benzene rings is 1. The lowest BCUT2D eigenvalue weighted by Gasteiger charge is -2.12. The topological polar surface area (TPSA) is 149 Å². The lowest BCUT2D eigenvalue weighted by atomic mass is 9.94. The van der Waals surface area contributed by atoms with Crippen LogP contribution in [-0.2, 0) is 0 Å². The first-order chi connectivity index (χ1) is 12.8. The monoisotopic (exact) mass is 381 g/mol. The fraction of sp³-hybridized carbons (Fsp3) is 0.167. The van der Waals surface area contributed by atoms with E-state index >= 15 is 0 Å². The van der Waals surface area contributed by atoms with Crippen molar-refractivity contribution in [3.63, 3.8) is 0 Å². The summed E-state index contributed by atoms with van der Waals surface area (Å²) in [5.41, 5.74) is 13.2. The van der Waals surface area contributed by atoms with Crippen LogP contribution >= 0.6 is 11.3 Å². The Balaban J connectivity index is 2.25. The van der Waals surface area contributed by atoms with E-state index in [1.54, 1.807) is 0 Å². The molecule has 136 valence electrons. The second kappa shape index (κ2) is 6.66. The van der Waals surface area contributed by atoms with Crippen molar-refractivity contribution in [1.29, 1.82) is 5.26 Å². The summed E-state index contributed by atoms with van der Waals surface area (Å²) in [7, 11) is 0. The van der Waals surface area contributed by atoms with Gasteiger partial charge in [-0.25, -0.2) is 4.98 Å². The molecule has 8 nitrogen and oxygen atoms in total. The summed E-state index contributed by atoms with van der Waals surface area (Å²) >= 11 is 1.06. The Labute approximate surface area is 158 Å². The van der Waals surface area contributed by atoms with Crippen LogP contribution in [0.4, 0.5) is 17.2 Å². The fourth-order valence-electron chi connectivity index (χ4n) is 2.95. The van der Waals surface area contributed by atoms with Gasteiger partial charge in [0.15, 0.2) is 0 Å². The normalized spacial score (nSPS) is 10.9. The third-order valence-corrected chi connectivity index (χ3v) is 5.26. The zero-order chi connectivity index (χ0) is 19.9. The summed E-state index contributed by atoms with van der Waals surface area (Å²) in [6, 6.07) is 7.51. The van der Waals surface area contributed by atoms with Crippen LogP contribution in [0, 0.1) is 21.4 Å². The fourth-order valence-corrected chi connectivity index (χ4v) is 4.04. The molecule has 27 heavy (non-hydrogen) atoms. The van der Waals surface area contributed by atoms with Gasteiger partial charge in [0.1, 0.15) is 21.6 Å². The molecular formula is C18H15N5O3S. The Morgan fingerprint density at radius 3 is 2.67 bits per heavy atom. The van der Waals surface area contributed by atoms with E-state index in [1.165, 1.54) is 24.3 Å². The maximum Gasteiger partial charge on any atom is 0.270 e. The molecule has 0 unspecified atom stereocenters. The molecule has 2 heterocycles. The summed E-state index contributed by atoms with van der Waals surface area (Å²) in [5, 5.41) is 20.9. The van der Waals surface area contributed by atoms with Gasteiger partial charge in [0, 0.05) is 23.1 Å². The molecule has 9 heteroatoms. The first kappa shape index (κ1) is 18.3. The molecule has 3 aromatic rings. The number of carbonyl (C=O) groups is 1. The van der Waals surface area contributed by atoms with Crippen LogP contribution < -0.4 is 11.5 Å². The maximum absolute atomic E-state index is 12.9. The van der Waals surface area contributed by atoms with Gasteiger partial charge in [0.05, 0.1) is 16.2 Å². The molecule has 3 rings (SSSR count). The number of nitro groups is 1. The van der Waals surface area contributed by atoms with E-state index in [-0.39, 0.29) is 39.1 Å². The van der Waals surface area contributed by atoms with Gasteiger partial charge in [-0.3, -0.25) is 14.9 Å². The highest BCUT2D eigenvalue weighted by Gasteiger charge is 2.25. The minimum absolute atomic E-state index is 0.0647. The lowest BCUT2D eigenvalue weighted by molar-refractivity contribution is -0.384. The molecular weight excluding hydrogens is 366 g/mol. The number of fused-ring (bicyclic) bond motifs is 1. The van der Waals surface area contributed by atoms with Crippen molar-refractivity contribution in [2.45, 2.75) is 19.8 Å². The second-order valence-electron chi connectivity index (χ2n) is 6.21. The first-order valence-corrected chi connectivity index (χ1v) is 8.78. The number of hydrogen-bond donors (Lipinski definition) is 2. The first-order valence-electron chi connectivity index (χ1n) is 7.96. The third kappa shape index (κ3) is 2.96. The van der Waals surface area contributed by atoms with Gasteiger partial charge in [0.25, 0.3) is 5.69 Å². The van der Waals surface area contributed by atoms with E-state index < -0.39 is 10.7 Å². The Hall–Kier alpha value is -3.51. The van der Waals surface area contributed by atoms with Crippen LogP contribution in [0.2, 0.25) is 0 Å². The zero-order valence-electron chi connectivity index (χ0n) is 14.5. The van der Waals surface area contributed by atoms with Gasteiger partial charge < -0.3 is 11.5 Å². The third-order valence-electron chi connectivity index (χ3n) is 4.16. The van der Waals surface area contributed by atoms with Crippen LogP contribution in [0.25, 0.3) is 10.2 Å². The summed E-state index contributed by atoms with van der Waals surface area (Å²) in [4.78, 5) is 28.2. The molecule has 0 amide bonds. The Morgan fingerprint density at radius 1 is 1.37 bits per heavy atom. The molecule has 0 bridgehead atoms. The predicted octanol–water partition coefficient (Wildman–Crippen LogP) is 3.59. The van der Waals surface area contributed by atoms with Crippen molar-refractivity contribution in [3.8, 4) is 6.07 Å². The van der Waals surface area contributed by atoms with Crippen molar-refractivity contribution < 1.29 is 9.72 Å². The average molecular weight is 381 g/mol. The zero-order valence-corrected chi connectivity index (χ0v) is 15.3. The smallest absolute Gasteiger partial charge is 0.270 e. The van der Waals surface area contributed by atoms with E-state index in [9.17, 15) is 20.2 Å². The van der Waals surface area contributed by atoms with Crippen molar-refractivity contribution >= 4 is 44.5 Å². The van der Waals surface area contributed by atoms with Crippen molar-refractivity contribution in [1.82, 2.24) is 4.98 Å². The number of nitriles is 1. The molecule has 4 N–H and O–H groups in total. The van der Waals surface area contributed by atoms with Crippen LogP contribution in [0.1, 0.15) is 46.1 Å². The molecule has 0 fully saturated rings. The van der Waals surface area contributed by atoms with Gasteiger partial charge in [0.2, 0.25) is 5.78 Å². The molecule has 0 atom stereocenters. The SMILES string of the molecule is CC(C)c1c(C#N)c(N)nc2sc(C(=O)c3cccc([N+](=O)[O-])c3)c(N)c12. The predicted molar refractivity (Wildman–Crippen MR) is 104 cm³/mol. The maximum atomic E-state index is 12.9. The number of ketones is 1. The van der Waals surface area contributed by atoms with E-state index in [0.29, 0.717) is 15.8 Å². The number of nitrogen functional groups attached to an aromatic ring is 2. The largest absolute Gasteiger partial charge is 0.397 e. The second-order valence-corrected chi connectivity index (χ2v) is 7.21. The summed E-state index contributed by atoms with van der Waals surface area (Å²) in [6.07, 6.45) is 0. The Kier molecular flexibility index (Phi) is 4.51. The van der Waals surface area contributed by atoms with Gasteiger partial charge in [-0.15, -0.1) is 11.3 Å². The minimum atomic E-state index is -0.566. The molecule has 2 aromatic heterocycles.